The lowest BCUT2D eigenvalue weighted by Crippen LogP contribution is -2.30. The molecule has 1 heterocycles. The molecule has 1 N–H and O–H groups in total. The van der Waals surface area contributed by atoms with Crippen LogP contribution in [0, 0.1) is 5.92 Å². The molecule has 1 aliphatic rings. The second kappa shape index (κ2) is 11.2. The van der Waals surface area contributed by atoms with Crippen molar-refractivity contribution in [3.05, 3.63) is 70.8 Å². The SMILES string of the molecule is COC(=O)[C@H](C)CC(=O)O[C@H]1CN[C@@H](C(c2ccc(C(C)(C)C)cc2)c2ccc(C(C)(C)C)cc2)C1. The van der Waals surface area contributed by atoms with Gasteiger partial charge >= 0.3 is 11.9 Å². The number of rotatable bonds is 7. The van der Waals surface area contributed by atoms with E-state index < -0.39 is 11.9 Å². The number of hydrogen-bond acceptors (Lipinski definition) is 5. The van der Waals surface area contributed by atoms with Crippen molar-refractivity contribution in [3.63, 3.8) is 0 Å². The summed E-state index contributed by atoms with van der Waals surface area (Å²) in [5.41, 5.74) is 5.28. The highest BCUT2D eigenvalue weighted by molar-refractivity contribution is 5.79. The second-order valence-corrected chi connectivity index (χ2v) is 12.2. The van der Waals surface area contributed by atoms with Crippen LogP contribution in [0.5, 0.6) is 0 Å². The first kappa shape index (κ1) is 27.9. The molecule has 196 valence electrons. The number of ether oxygens (including phenoxy) is 2. The fraction of sp³-hybridized carbons (Fsp3) is 0.548. The summed E-state index contributed by atoms with van der Waals surface area (Å²) in [6.07, 6.45) is 0.516. The summed E-state index contributed by atoms with van der Waals surface area (Å²) < 4.78 is 10.5. The van der Waals surface area contributed by atoms with Crippen molar-refractivity contribution in [1.82, 2.24) is 5.32 Å². The average Bonchev–Trinajstić information content (AvgIpc) is 3.25. The molecule has 3 atom stereocenters. The third-order valence-corrected chi connectivity index (χ3v) is 7.17. The molecule has 3 rings (SSSR count). The number of methoxy groups -OCH3 is 1. The molecular weight excluding hydrogens is 450 g/mol. The van der Waals surface area contributed by atoms with E-state index in [2.05, 4.69) is 95.4 Å². The topological polar surface area (TPSA) is 64.6 Å². The maximum atomic E-state index is 12.5. The fourth-order valence-electron chi connectivity index (χ4n) is 4.88. The molecule has 1 saturated heterocycles. The zero-order chi connectivity index (χ0) is 26.7. The van der Waals surface area contributed by atoms with Crippen LogP contribution in [0.15, 0.2) is 48.5 Å². The van der Waals surface area contributed by atoms with E-state index in [4.69, 9.17) is 9.47 Å². The Morgan fingerprint density at radius 1 is 0.889 bits per heavy atom. The first-order chi connectivity index (χ1) is 16.8. The van der Waals surface area contributed by atoms with Crippen LogP contribution in [0.1, 0.15) is 89.5 Å². The van der Waals surface area contributed by atoms with E-state index in [0.717, 1.165) is 0 Å². The summed E-state index contributed by atoms with van der Waals surface area (Å²) in [6.45, 7) is 15.6. The molecule has 5 nitrogen and oxygen atoms in total. The van der Waals surface area contributed by atoms with Crippen LogP contribution in [-0.2, 0) is 29.9 Å². The van der Waals surface area contributed by atoms with Gasteiger partial charge in [-0.25, -0.2) is 0 Å². The standard InChI is InChI=1S/C31H43NO4/c1-20(29(34)35-8)17-27(33)36-25-18-26(32-19-25)28(21-9-13-23(14-10-21)30(2,3)4)22-11-15-24(16-12-22)31(5,6)7/h9-16,20,25-26,28,32H,17-19H2,1-8H3/t20-,25-,26-/m1/s1. The minimum Gasteiger partial charge on any atom is -0.469 e. The Balaban J connectivity index is 1.82. The summed E-state index contributed by atoms with van der Waals surface area (Å²) in [4.78, 5) is 24.1. The van der Waals surface area contributed by atoms with Crippen LogP contribution >= 0.6 is 0 Å². The number of nitrogens with one attached hydrogen (secondary N) is 1. The molecular formula is C31H43NO4. The lowest BCUT2D eigenvalue weighted by atomic mass is 9.80. The van der Waals surface area contributed by atoms with Gasteiger partial charge in [-0.3, -0.25) is 9.59 Å². The average molecular weight is 494 g/mol. The van der Waals surface area contributed by atoms with Crippen LogP contribution in [0.2, 0.25) is 0 Å². The van der Waals surface area contributed by atoms with Gasteiger partial charge < -0.3 is 14.8 Å². The molecule has 1 aliphatic heterocycles. The molecule has 1 fully saturated rings. The molecule has 5 heteroatoms. The molecule has 2 aromatic rings. The highest BCUT2D eigenvalue weighted by atomic mass is 16.5. The molecule has 36 heavy (non-hydrogen) atoms. The summed E-state index contributed by atoms with van der Waals surface area (Å²) in [7, 11) is 1.33. The Bertz CT molecular complexity index is 971. The maximum Gasteiger partial charge on any atom is 0.308 e. The first-order valence-corrected chi connectivity index (χ1v) is 13.0. The van der Waals surface area contributed by atoms with Crippen LogP contribution < -0.4 is 5.32 Å². The van der Waals surface area contributed by atoms with Gasteiger partial charge in [-0.2, -0.15) is 0 Å². The van der Waals surface area contributed by atoms with Gasteiger partial charge in [-0.1, -0.05) is 97.0 Å². The van der Waals surface area contributed by atoms with Crippen molar-refractivity contribution < 1.29 is 19.1 Å². The van der Waals surface area contributed by atoms with E-state index in [-0.39, 0.29) is 41.3 Å². The summed E-state index contributed by atoms with van der Waals surface area (Å²) in [5, 5.41) is 3.62. The smallest absolute Gasteiger partial charge is 0.308 e. The van der Waals surface area contributed by atoms with Gasteiger partial charge in [0.15, 0.2) is 0 Å². The molecule has 0 aromatic heterocycles. The Morgan fingerprint density at radius 2 is 1.36 bits per heavy atom. The lowest BCUT2D eigenvalue weighted by Gasteiger charge is -2.27. The van der Waals surface area contributed by atoms with Gasteiger partial charge in [0.25, 0.3) is 0 Å². The lowest BCUT2D eigenvalue weighted by molar-refractivity contribution is -0.155. The number of hydrogen-bond donors (Lipinski definition) is 1. The number of carbonyl (C=O) groups excluding carboxylic acids is 2. The third kappa shape index (κ3) is 6.97. The monoisotopic (exact) mass is 493 g/mol. The van der Waals surface area contributed by atoms with Crippen LogP contribution in [0.25, 0.3) is 0 Å². The molecule has 0 unspecified atom stereocenters. The minimum atomic E-state index is -0.511. The van der Waals surface area contributed by atoms with Gasteiger partial charge in [0, 0.05) is 24.9 Å². The van der Waals surface area contributed by atoms with Crippen LogP contribution in [0.3, 0.4) is 0 Å². The normalized spacial score (nSPS) is 19.2. The van der Waals surface area contributed by atoms with Gasteiger partial charge in [0.05, 0.1) is 19.4 Å². The molecule has 0 amide bonds. The van der Waals surface area contributed by atoms with Crippen molar-refractivity contribution in [3.8, 4) is 0 Å². The molecule has 0 aliphatic carbocycles. The van der Waals surface area contributed by atoms with E-state index in [9.17, 15) is 9.59 Å². The van der Waals surface area contributed by atoms with Crippen LogP contribution in [0.4, 0.5) is 0 Å². The Kier molecular flexibility index (Phi) is 8.66. The predicted octanol–water partition coefficient (Wildman–Crippen LogP) is 5.89. The van der Waals surface area contributed by atoms with E-state index in [0.29, 0.717) is 13.0 Å². The molecule has 0 radical (unpaired) electrons. The van der Waals surface area contributed by atoms with E-state index >= 15 is 0 Å². The van der Waals surface area contributed by atoms with Crippen molar-refractivity contribution in [2.45, 2.75) is 90.2 Å². The predicted molar refractivity (Wildman–Crippen MR) is 144 cm³/mol. The van der Waals surface area contributed by atoms with E-state index in [1.165, 1.54) is 29.4 Å². The largest absolute Gasteiger partial charge is 0.469 e. The van der Waals surface area contributed by atoms with Crippen molar-refractivity contribution in [1.29, 1.82) is 0 Å². The highest BCUT2D eigenvalue weighted by Gasteiger charge is 2.35. The first-order valence-electron chi connectivity index (χ1n) is 13.0. The Morgan fingerprint density at radius 3 is 1.78 bits per heavy atom. The zero-order valence-corrected chi connectivity index (χ0v) is 23.2. The van der Waals surface area contributed by atoms with Crippen molar-refractivity contribution >= 4 is 11.9 Å². The van der Waals surface area contributed by atoms with Gasteiger partial charge in [-0.15, -0.1) is 0 Å². The quantitative estimate of drug-likeness (QED) is 0.488. The summed E-state index contributed by atoms with van der Waals surface area (Å²) >= 11 is 0. The molecule has 0 saturated carbocycles. The Labute approximate surface area is 217 Å². The third-order valence-electron chi connectivity index (χ3n) is 7.17. The van der Waals surface area contributed by atoms with E-state index in [1.54, 1.807) is 6.92 Å². The maximum absolute atomic E-state index is 12.5. The molecule has 2 aromatic carbocycles. The molecule has 0 spiro atoms. The van der Waals surface area contributed by atoms with Crippen molar-refractivity contribution in [2.75, 3.05) is 13.7 Å². The van der Waals surface area contributed by atoms with E-state index in [1.807, 2.05) is 0 Å². The Hall–Kier alpha value is -2.66. The second-order valence-electron chi connectivity index (χ2n) is 12.2. The molecule has 0 bridgehead atoms. The highest BCUT2D eigenvalue weighted by Crippen LogP contribution is 2.35. The number of benzene rings is 2. The number of carbonyl (C=O) groups is 2. The number of esters is 2. The minimum absolute atomic E-state index is 0.0276. The van der Waals surface area contributed by atoms with Gasteiger partial charge in [0.1, 0.15) is 6.10 Å². The zero-order valence-electron chi connectivity index (χ0n) is 23.2. The van der Waals surface area contributed by atoms with Gasteiger partial charge in [0.2, 0.25) is 0 Å². The van der Waals surface area contributed by atoms with Crippen LogP contribution in [-0.4, -0.2) is 37.7 Å². The fourth-order valence-corrected chi connectivity index (χ4v) is 4.88. The van der Waals surface area contributed by atoms with Crippen molar-refractivity contribution in [2.24, 2.45) is 5.92 Å². The van der Waals surface area contributed by atoms with Gasteiger partial charge in [-0.05, 0) is 33.1 Å². The summed E-state index contributed by atoms with van der Waals surface area (Å²) in [5.74, 6) is -1.14. The summed E-state index contributed by atoms with van der Waals surface area (Å²) in [6, 6.07) is 18.0.